The van der Waals surface area contributed by atoms with Gasteiger partial charge in [-0.15, -0.1) is 0 Å². The van der Waals surface area contributed by atoms with Gasteiger partial charge in [-0.2, -0.15) is 5.26 Å². The van der Waals surface area contributed by atoms with E-state index in [0.29, 0.717) is 28.1 Å². The van der Waals surface area contributed by atoms with Crippen molar-refractivity contribution < 1.29 is 9.59 Å². The van der Waals surface area contributed by atoms with Crippen LogP contribution in [0.4, 0.5) is 11.5 Å². The Kier molecular flexibility index (Phi) is 5.15. The van der Waals surface area contributed by atoms with Crippen LogP contribution in [0.15, 0.2) is 42.2 Å². The molecule has 4 N–H and O–H groups in total. The molecule has 0 saturated heterocycles. The zero-order chi connectivity index (χ0) is 21.2. The molecule has 0 aliphatic heterocycles. The number of nitrogens with two attached hydrogens (primary N) is 1. The molecule has 0 aliphatic rings. The predicted octanol–water partition coefficient (Wildman–Crippen LogP) is 3.32. The van der Waals surface area contributed by atoms with Crippen LogP contribution >= 0.6 is 0 Å². The summed E-state index contributed by atoms with van der Waals surface area (Å²) in [6.45, 7) is 5.57. The van der Waals surface area contributed by atoms with Gasteiger partial charge >= 0.3 is 0 Å². The van der Waals surface area contributed by atoms with Gasteiger partial charge in [0.2, 0.25) is 0 Å². The van der Waals surface area contributed by atoms with Crippen LogP contribution in [0.5, 0.6) is 0 Å². The minimum Gasteiger partial charge on any atom is -0.365 e. The van der Waals surface area contributed by atoms with Gasteiger partial charge in [0.15, 0.2) is 11.4 Å². The fraction of sp³-hybridized carbons (Fsp3) is 0.190. The van der Waals surface area contributed by atoms with E-state index in [9.17, 15) is 9.59 Å². The number of H-pyrrole nitrogens is 1. The third kappa shape index (κ3) is 4.30. The van der Waals surface area contributed by atoms with Crippen LogP contribution in [0, 0.1) is 16.7 Å². The van der Waals surface area contributed by atoms with Crippen LogP contribution in [-0.2, 0) is 4.79 Å². The van der Waals surface area contributed by atoms with E-state index in [-0.39, 0.29) is 11.4 Å². The van der Waals surface area contributed by atoms with Gasteiger partial charge in [-0.05, 0) is 23.8 Å². The Balaban J connectivity index is 1.86. The summed E-state index contributed by atoms with van der Waals surface area (Å²) in [5, 5.41) is 12.0. The molecule has 0 bridgehead atoms. The van der Waals surface area contributed by atoms with Gasteiger partial charge in [0, 0.05) is 17.3 Å². The number of carbonyl (C=O) groups is 2. The number of hydrogen-bond donors (Lipinski definition) is 3. The number of benzene rings is 1. The van der Waals surface area contributed by atoms with Crippen molar-refractivity contribution in [2.24, 2.45) is 11.1 Å². The second kappa shape index (κ2) is 7.56. The summed E-state index contributed by atoms with van der Waals surface area (Å²) in [7, 11) is 0. The largest absolute Gasteiger partial charge is 0.365 e. The van der Waals surface area contributed by atoms with Crippen molar-refractivity contribution >= 4 is 40.4 Å². The number of hydrogen-bond acceptors (Lipinski definition) is 6. The zero-order valence-corrected chi connectivity index (χ0v) is 16.3. The van der Waals surface area contributed by atoms with Crippen molar-refractivity contribution in [3.63, 3.8) is 0 Å². The minimum absolute atomic E-state index is 0.0194. The number of nitrogens with zero attached hydrogens (tertiary/aromatic N) is 3. The van der Waals surface area contributed by atoms with E-state index >= 15 is 0 Å². The van der Waals surface area contributed by atoms with Crippen molar-refractivity contribution in [3.8, 4) is 6.07 Å². The maximum Gasteiger partial charge on any atom is 0.259 e. The molecule has 0 atom stereocenters. The Morgan fingerprint density at radius 1 is 1.24 bits per heavy atom. The van der Waals surface area contributed by atoms with E-state index in [1.807, 2.05) is 20.8 Å². The summed E-state index contributed by atoms with van der Waals surface area (Å²) >= 11 is 0. The van der Waals surface area contributed by atoms with Gasteiger partial charge in [0.25, 0.3) is 5.91 Å². The molecule has 8 nitrogen and oxygen atoms in total. The van der Waals surface area contributed by atoms with Gasteiger partial charge in [-0.1, -0.05) is 32.9 Å². The third-order valence-electron chi connectivity index (χ3n) is 4.19. The van der Waals surface area contributed by atoms with Crippen LogP contribution in [0.3, 0.4) is 0 Å². The van der Waals surface area contributed by atoms with E-state index in [0.717, 1.165) is 5.69 Å². The molecular weight excluding hydrogens is 368 g/mol. The summed E-state index contributed by atoms with van der Waals surface area (Å²) in [5.41, 5.74) is 7.43. The van der Waals surface area contributed by atoms with E-state index in [2.05, 4.69) is 20.3 Å². The highest BCUT2D eigenvalue weighted by Gasteiger charge is 2.26. The Bertz CT molecular complexity index is 1160. The van der Waals surface area contributed by atoms with Crippen LogP contribution < -0.4 is 11.1 Å². The lowest BCUT2D eigenvalue weighted by Gasteiger charge is -2.15. The quantitative estimate of drug-likeness (QED) is 0.348. The lowest BCUT2D eigenvalue weighted by molar-refractivity contribution is -0.114. The van der Waals surface area contributed by atoms with Crippen molar-refractivity contribution in [2.75, 3.05) is 5.32 Å². The van der Waals surface area contributed by atoms with Crippen LogP contribution in [0.25, 0.3) is 17.2 Å². The number of amides is 1. The fourth-order valence-electron chi connectivity index (χ4n) is 2.66. The average molecular weight is 388 g/mol. The molecule has 1 amide bonds. The van der Waals surface area contributed by atoms with Crippen LogP contribution in [0.2, 0.25) is 0 Å². The van der Waals surface area contributed by atoms with Crippen LogP contribution in [0.1, 0.15) is 36.7 Å². The third-order valence-corrected chi connectivity index (χ3v) is 4.19. The summed E-state index contributed by atoms with van der Waals surface area (Å²) in [5.74, 6) is -0.308. The van der Waals surface area contributed by atoms with E-state index in [1.165, 1.54) is 6.08 Å². The Labute approximate surface area is 167 Å². The number of carbonyl (C=O) groups excluding carboxylic acids is 2. The first-order valence-corrected chi connectivity index (χ1v) is 8.86. The molecule has 8 heteroatoms. The van der Waals surface area contributed by atoms with Gasteiger partial charge in [0.05, 0.1) is 11.8 Å². The molecule has 146 valence electrons. The molecule has 0 unspecified atom stereocenters. The minimum atomic E-state index is -0.773. The Morgan fingerprint density at radius 2 is 1.93 bits per heavy atom. The molecule has 2 heterocycles. The van der Waals surface area contributed by atoms with Crippen molar-refractivity contribution in [1.29, 1.82) is 5.26 Å². The monoisotopic (exact) mass is 388 g/mol. The Hall–Kier alpha value is -3.99. The maximum absolute atomic E-state index is 12.6. The first-order valence-electron chi connectivity index (χ1n) is 8.86. The van der Waals surface area contributed by atoms with Crippen molar-refractivity contribution in [3.05, 3.63) is 53.4 Å². The molecule has 0 aliphatic carbocycles. The molecule has 0 saturated carbocycles. The number of Topliss-reactive ketones (excluding diaryl/α,β-unsaturated/α-hetero) is 1. The number of anilines is 2. The summed E-state index contributed by atoms with van der Waals surface area (Å²) in [6, 6.07) is 8.78. The maximum atomic E-state index is 12.6. The van der Waals surface area contributed by atoms with Gasteiger partial charge < -0.3 is 16.0 Å². The van der Waals surface area contributed by atoms with Crippen molar-refractivity contribution in [1.82, 2.24) is 15.0 Å². The standard InChI is InChI=1S/C21H20N6O2/c1-21(2,3)18(28)15-10-24-20-17(15)27-16(11-25-20)26-14-6-4-12(5-7-14)8-13(9-22)19(23)29/h4-8,10-11H,1-3H3,(H2,23,29)(H,24,25)(H,26,27)/b13-8+. The van der Waals surface area contributed by atoms with Gasteiger partial charge in [-0.25, -0.2) is 9.97 Å². The lowest BCUT2D eigenvalue weighted by atomic mass is 9.87. The average Bonchev–Trinajstić information content (AvgIpc) is 3.08. The van der Waals surface area contributed by atoms with Gasteiger partial charge in [-0.3, -0.25) is 9.59 Å². The molecular formula is C21H20N6O2. The fourth-order valence-corrected chi connectivity index (χ4v) is 2.66. The first kappa shape index (κ1) is 19.8. The second-order valence-corrected chi connectivity index (χ2v) is 7.52. The molecule has 3 rings (SSSR count). The number of primary amides is 1. The molecule has 2 aromatic heterocycles. The summed E-state index contributed by atoms with van der Waals surface area (Å²) in [6.07, 6.45) is 4.62. The molecule has 29 heavy (non-hydrogen) atoms. The summed E-state index contributed by atoms with van der Waals surface area (Å²) < 4.78 is 0. The first-order chi connectivity index (χ1) is 13.7. The second-order valence-electron chi connectivity index (χ2n) is 7.52. The number of fused-ring (bicyclic) bond motifs is 1. The lowest BCUT2D eigenvalue weighted by Crippen LogP contribution is -2.20. The number of aromatic nitrogens is 3. The predicted molar refractivity (Wildman–Crippen MR) is 110 cm³/mol. The molecule has 0 radical (unpaired) electrons. The van der Waals surface area contributed by atoms with Gasteiger partial charge in [0.1, 0.15) is 23.0 Å². The smallest absolute Gasteiger partial charge is 0.259 e. The highest BCUT2D eigenvalue weighted by molar-refractivity contribution is 6.08. The summed E-state index contributed by atoms with van der Waals surface area (Å²) in [4.78, 5) is 35.6. The van der Waals surface area contributed by atoms with Crippen molar-refractivity contribution in [2.45, 2.75) is 20.8 Å². The Morgan fingerprint density at radius 3 is 2.52 bits per heavy atom. The van der Waals surface area contributed by atoms with E-state index in [1.54, 1.807) is 42.7 Å². The normalized spacial score (nSPS) is 11.9. The molecule has 0 spiro atoms. The molecule has 0 fully saturated rings. The number of ketones is 1. The highest BCUT2D eigenvalue weighted by Crippen LogP contribution is 2.26. The molecule has 3 aromatic rings. The molecule has 1 aromatic carbocycles. The number of rotatable bonds is 5. The SMILES string of the molecule is CC(C)(C)C(=O)c1c[nH]c2ncc(Nc3ccc(/C=C(\C#N)C(N)=O)cc3)nc12. The number of nitrogens with one attached hydrogen (secondary N) is 2. The van der Waals surface area contributed by atoms with E-state index in [4.69, 9.17) is 11.0 Å². The highest BCUT2D eigenvalue weighted by atomic mass is 16.1. The number of aromatic amines is 1. The van der Waals surface area contributed by atoms with Crippen LogP contribution in [-0.4, -0.2) is 26.6 Å². The van der Waals surface area contributed by atoms with E-state index < -0.39 is 11.3 Å². The topological polar surface area (TPSA) is 138 Å². The zero-order valence-electron chi connectivity index (χ0n) is 16.3. The number of nitriles is 1.